The van der Waals surface area contributed by atoms with E-state index in [4.69, 9.17) is 4.74 Å². The molecule has 0 saturated carbocycles. The van der Waals surface area contributed by atoms with Crippen LogP contribution in [0.2, 0.25) is 0 Å². The molecule has 33 heavy (non-hydrogen) atoms. The van der Waals surface area contributed by atoms with Crippen molar-refractivity contribution in [2.24, 2.45) is 0 Å². The van der Waals surface area contributed by atoms with Crippen molar-refractivity contribution in [2.75, 3.05) is 13.2 Å². The number of alkyl halides is 4. The first-order chi connectivity index (χ1) is 15.5. The third-order valence-corrected chi connectivity index (χ3v) is 4.88. The fraction of sp³-hybridized carbons (Fsp3) is 0.429. The molecule has 0 saturated heterocycles. The summed E-state index contributed by atoms with van der Waals surface area (Å²) in [6, 6.07) is 3.06. The molecular weight excluding hydrogens is 448 g/mol. The van der Waals surface area contributed by atoms with Crippen LogP contribution < -0.4 is 10.1 Å². The number of hydrogen-bond donors (Lipinski definition) is 2. The summed E-state index contributed by atoms with van der Waals surface area (Å²) < 4.78 is 55.5. The monoisotopic (exact) mass is 470 g/mol. The smallest absolute Gasteiger partial charge is 0.340 e. The highest BCUT2D eigenvalue weighted by molar-refractivity contribution is 6.03. The van der Waals surface area contributed by atoms with Crippen molar-refractivity contribution in [2.45, 2.75) is 45.4 Å². The van der Waals surface area contributed by atoms with E-state index in [1.165, 1.54) is 37.2 Å². The Morgan fingerprint density at radius 2 is 2.09 bits per heavy atom. The van der Waals surface area contributed by atoms with E-state index in [1.54, 1.807) is 6.07 Å². The molecule has 178 valence electrons. The molecule has 12 heteroatoms. The summed E-state index contributed by atoms with van der Waals surface area (Å²) in [7, 11) is 0. The maximum atomic E-state index is 13.1. The van der Waals surface area contributed by atoms with E-state index >= 15 is 0 Å². The van der Waals surface area contributed by atoms with Crippen LogP contribution in [0.5, 0.6) is 5.88 Å². The lowest BCUT2D eigenvalue weighted by Crippen LogP contribution is -2.34. The quantitative estimate of drug-likeness (QED) is 0.546. The molecule has 0 spiro atoms. The van der Waals surface area contributed by atoms with Crippen LogP contribution in [0, 0.1) is 6.92 Å². The highest BCUT2D eigenvalue weighted by atomic mass is 19.3. The molecule has 3 heterocycles. The van der Waals surface area contributed by atoms with Crippen LogP contribution in [0.25, 0.3) is 0 Å². The number of amides is 2. The van der Waals surface area contributed by atoms with Gasteiger partial charge in [0.2, 0.25) is 5.88 Å². The third kappa shape index (κ3) is 5.56. The number of pyridine rings is 2. The second-order valence-electron chi connectivity index (χ2n) is 7.72. The Morgan fingerprint density at radius 3 is 2.73 bits per heavy atom. The molecule has 2 N–H and O–H groups in total. The maximum Gasteiger partial charge on any atom is 0.340 e. The first kappa shape index (κ1) is 24.4. The zero-order valence-electron chi connectivity index (χ0n) is 17.8. The molecule has 3 rings (SSSR count). The van der Waals surface area contributed by atoms with E-state index in [0.717, 1.165) is 0 Å². The maximum absolute atomic E-state index is 13.1. The van der Waals surface area contributed by atoms with Crippen molar-refractivity contribution in [3.05, 3.63) is 52.5 Å². The zero-order valence-corrected chi connectivity index (χ0v) is 17.8. The minimum absolute atomic E-state index is 0.0322. The number of nitrogens with one attached hydrogen (secondary N) is 1. The highest BCUT2D eigenvalue weighted by Gasteiger charge is 2.42. The number of fused-ring (bicyclic) bond motifs is 1. The minimum atomic E-state index is -4.30. The lowest BCUT2D eigenvalue weighted by molar-refractivity contribution is -0.148. The van der Waals surface area contributed by atoms with E-state index in [2.05, 4.69) is 15.3 Å². The predicted molar refractivity (Wildman–Crippen MR) is 107 cm³/mol. The van der Waals surface area contributed by atoms with Gasteiger partial charge in [-0.05, 0) is 31.5 Å². The van der Waals surface area contributed by atoms with E-state index in [1.807, 2.05) is 0 Å². The van der Waals surface area contributed by atoms with Crippen molar-refractivity contribution in [1.29, 1.82) is 0 Å². The second kappa shape index (κ2) is 9.69. The summed E-state index contributed by atoms with van der Waals surface area (Å²) in [6.45, 7) is 1.77. The van der Waals surface area contributed by atoms with Gasteiger partial charge in [0.25, 0.3) is 11.8 Å². The first-order valence-electron chi connectivity index (χ1n) is 9.97. The number of hydrogen-bond acceptors (Lipinski definition) is 6. The van der Waals surface area contributed by atoms with E-state index < -0.39 is 31.0 Å². The molecule has 1 aliphatic rings. The Balaban J connectivity index is 1.70. The first-order valence-corrected chi connectivity index (χ1v) is 9.97. The van der Waals surface area contributed by atoms with Crippen LogP contribution in [0.4, 0.5) is 17.6 Å². The van der Waals surface area contributed by atoms with Gasteiger partial charge < -0.3 is 20.1 Å². The third-order valence-electron chi connectivity index (χ3n) is 4.88. The molecule has 0 aromatic carbocycles. The molecule has 0 fully saturated rings. The van der Waals surface area contributed by atoms with E-state index in [9.17, 15) is 32.3 Å². The Labute approximate surface area is 186 Å². The fourth-order valence-electron chi connectivity index (χ4n) is 3.24. The number of carbonyl (C=O) groups is 2. The van der Waals surface area contributed by atoms with Gasteiger partial charge in [-0.15, -0.1) is 0 Å². The normalized spacial score (nSPS) is 14.4. The number of rotatable bonds is 9. The van der Waals surface area contributed by atoms with Gasteiger partial charge in [0.15, 0.2) is 6.61 Å². The molecule has 8 nitrogen and oxygen atoms in total. The molecule has 2 aromatic heterocycles. The number of aromatic nitrogens is 2. The number of aryl methyl sites for hydroxylation is 1. The number of aliphatic hydroxyl groups excluding tert-OH is 1. The average Bonchev–Trinajstić information content (AvgIpc) is 3.06. The van der Waals surface area contributed by atoms with Gasteiger partial charge in [0.05, 0.1) is 6.10 Å². The van der Waals surface area contributed by atoms with Crippen LogP contribution in [-0.4, -0.2) is 63.4 Å². The molecule has 0 aliphatic carbocycles. The number of carbonyl (C=O) groups excluding carboxylic acids is 2. The zero-order chi connectivity index (χ0) is 24.3. The summed E-state index contributed by atoms with van der Waals surface area (Å²) >= 11 is 0. The molecule has 1 aliphatic heterocycles. The van der Waals surface area contributed by atoms with Crippen molar-refractivity contribution in [3.8, 4) is 5.88 Å². The molecule has 0 radical (unpaired) electrons. The molecule has 0 unspecified atom stereocenters. The number of nitrogens with zero attached hydrogens (tertiary/aromatic N) is 3. The Hall–Kier alpha value is -3.28. The predicted octanol–water partition coefficient (Wildman–Crippen LogP) is 2.33. The minimum Gasteiger partial charge on any atom is -0.471 e. The van der Waals surface area contributed by atoms with Crippen LogP contribution in [0.3, 0.4) is 0 Å². The summed E-state index contributed by atoms with van der Waals surface area (Å²) in [5.74, 6) is -5.35. The topological polar surface area (TPSA) is 105 Å². The lowest BCUT2D eigenvalue weighted by Gasteiger charge is -2.18. The molecule has 2 amide bonds. The second-order valence-corrected chi connectivity index (χ2v) is 7.72. The summed E-state index contributed by atoms with van der Waals surface area (Å²) in [6.07, 6.45) is -1.94. The van der Waals surface area contributed by atoms with Crippen LogP contribution in [-0.2, 0) is 13.1 Å². The van der Waals surface area contributed by atoms with Crippen molar-refractivity contribution in [3.63, 3.8) is 0 Å². The fourth-order valence-corrected chi connectivity index (χ4v) is 3.24. The van der Waals surface area contributed by atoms with Crippen molar-refractivity contribution >= 4 is 11.8 Å². The van der Waals surface area contributed by atoms with E-state index in [-0.39, 0.29) is 37.1 Å². The Bertz CT molecular complexity index is 1050. The lowest BCUT2D eigenvalue weighted by atomic mass is 10.1. The van der Waals surface area contributed by atoms with Crippen LogP contribution >= 0.6 is 0 Å². The number of aliphatic hydroxyl groups is 1. The largest absolute Gasteiger partial charge is 0.471 e. The van der Waals surface area contributed by atoms with Crippen LogP contribution in [0.15, 0.2) is 24.5 Å². The number of halogens is 4. The van der Waals surface area contributed by atoms with Gasteiger partial charge in [-0.3, -0.25) is 14.6 Å². The number of ether oxygens (including phenoxy) is 1. The van der Waals surface area contributed by atoms with E-state index in [0.29, 0.717) is 22.3 Å². The standard InChI is InChI=1S/C21H22F4N4O4/c1-11-5-13(7-28-18(11)33-10-21(24,25)20(22)23)8-29-9-15-14(19(29)32)3-4-26-16(15)17(31)27-6-12(2)30/h3-5,7,12,20,30H,6,8-10H2,1-2H3,(H,27,31)/t12-/m1/s1. The van der Waals surface area contributed by atoms with Crippen molar-refractivity contribution < 1.29 is 37.0 Å². The van der Waals surface area contributed by atoms with Gasteiger partial charge in [-0.1, -0.05) is 0 Å². The molecular formula is C21H22F4N4O4. The molecule has 0 bridgehead atoms. The van der Waals surface area contributed by atoms with Gasteiger partial charge in [0, 0.05) is 48.7 Å². The Kier molecular flexibility index (Phi) is 7.15. The van der Waals surface area contributed by atoms with Gasteiger partial charge in [-0.25, -0.2) is 13.8 Å². The SMILES string of the molecule is Cc1cc(CN2Cc3c(ccnc3C(=O)NC[C@@H](C)O)C2=O)cnc1OCC(F)(F)C(F)F. The Morgan fingerprint density at radius 1 is 1.36 bits per heavy atom. The molecule has 1 atom stereocenters. The van der Waals surface area contributed by atoms with Crippen molar-refractivity contribution in [1.82, 2.24) is 20.2 Å². The summed E-state index contributed by atoms with van der Waals surface area (Å²) in [5.41, 5.74) is 1.74. The van der Waals surface area contributed by atoms with Gasteiger partial charge >= 0.3 is 12.3 Å². The van der Waals surface area contributed by atoms with Crippen LogP contribution in [0.1, 0.15) is 44.5 Å². The average molecular weight is 470 g/mol. The highest BCUT2D eigenvalue weighted by Crippen LogP contribution is 2.28. The summed E-state index contributed by atoms with van der Waals surface area (Å²) in [5, 5.41) is 11.9. The molecule has 2 aromatic rings. The van der Waals surface area contributed by atoms with Gasteiger partial charge in [0.1, 0.15) is 5.69 Å². The summed E-state index contributed by atoms with van der Waals surface area (Å²) in [4.78, 5) is 34.6. The van der Waals surface area contributed by atoms with Gasteiger partial charge in [-0.2, -0.15) is 8.78 Å².